The van der Waals surface area contributed by atoms with E-state index in [9.17, 15) is 14.9 Å². The lowest BCUT2D eigenvalue weighted by Gasteiger charge is -2.08. The molecule has 2 rings (SSSR count). The van der Waals surface area contributed by atoms with Gasteiger partial charge in [-0.15, -0.1) is 0 Å². The average Bonchev–Trinajstić information content (AvgIpc) is 2.40. The number of nitro benzene ring substituents is 1. The Labute approximate surface area is 125 Å². The van der Waals surface area contributed by atoms with Crippen molar-refractivity contribution in [3.8, 4) is 0 Å². The Balaban J connectivity index is 2.51. The summed E-state index contributed by atoms with van der Waals surface area (Å²) in [6, 6.07) is 10.2. The number of nitrogens with zero attached hydrogens (tertiary/aromatic N) is 1. The number of hydrogen-bond acceptors (Lipinski definition) is 4. The molecule has 1 N–H and O–H groups in total. The lowest BCUT2D eigenvalue weighted by molar-refractivity contribution is -0.385. The van der Waals surface area contributed by atoms with Gasteiger partial charge < -0.3 is 5.11 Å². The smallest absolute Gasteiger partial charge is 0.335 e. The summed E-state index contributed by atoms with van der Waals surface area (Å²) >= 11 is 1.32. The molecule has 2 aromatic rings. The van der Waals surface area contributed by atoms with Crippen LogP contribution in [0.2, 0.25) is 0 Å². The molecule has 108 valence electrons. The number of aryl methyl sites for hydroxylation is 1. The Hall–Kier alpha value is -2.34. The summed E-state index contributed by atoms with van der Waals surface area (Å²) in [5.74, 6) is -1.18. The van der Waals surface area contributed by atoms with E-state index in [1.807, 2.05) is 31.2 Å². The van der Waals surface area contributed by atoms with E-state index in [0.717, 1.165) is 16.5 Å². The highest BCUT2D eigenvalue weighted by atomic mass is 32.2. The maximum atomic E-state index is 11.1. The van der Waals surface area contributed by atoms with Crippen molar-refractivity contribution in [3.63, 3.8) is 0 Å². The van der Waals surface area contributed by atoms with E-state index >= 15 is 0 Å². The van der Waals surface area contributed by atoms with Crippen LogP contribution in [-0.2, 0) is 0 Å². The molecule has 0 heterocycles. The van der Waals surface area contributed by atoms with Crippen molar-refractivity contribution in [2.24, 2.45) is 0 Å². The van der Waals surface area contributed by atoms with Gasteiger partial charge in [0.15, 0.2) is 0 Å². The fourth-order valence-electron chi connectivity index (χ4n) is 1.90. The zero-order valence-electron chi connectivity index (χ0n) is 11.5. The molecule has 0 aliphatic heterocycles. The Morgan fingerprint density at radius 2 is 1.95 bits per heavy atom. The van der Waals surface area contributed by atoms with E-state index in [1.165, 1.54) is 17.8 Å². The van der Waals surface area contributed by atoms with Gasteiger partial charge in [0, 0.05) is 21.4 Å². The minimum atomic E-state index is -1.18. The van der Waals surface area contributed by atoms with Gasteiger partial charge in [-0.3, -0.25) is 10.1 Å². The summed E-state index contributed by atoms with van der Waals surface area (Å²) in [6.07, 6.45) is 0. The Morgan fingerprint density at radius 3 is 2.52 bits per heavy atom. The molecule has 0 aromatic heterocycles. The summed E-state index contributed by atoms with van der Waals surface area (Å²) < 4.78 is 0. The topological polar surface area (TPSA) is 80.4 Å². The minimum Gasteiger partial charge on any atom is -0.478 e. The molecule has 0 spiro atoms. The highest BCUT2D eigenvalue weighted by Gasteiger charge is 2.19. The molecule has 0 aliphatic carbocycles. The van der Waals surface area contributed by atoms with Crippen molar-refractivity contribution in [2.75, 3.05) is 0 Å². The number of carboxylic acid groups (broad SMARTS) is 1. The van der Waals surface area contributed by atoms with E-state index in [0.29, 0.717) is 10.5 Å². The Kier molecular flexibility index (Phi) is 4.28. The Bertz CT molecular complexity index is 728. The normalized spacial score (nSPS) is 10.4. The summed E-state index contributed by atoms with van der Waals surface area (Å²) in [4.78, 5) is 23.1. The van der Waals surface area contributed by atoms with Crippen LogP contribution in [0, 0.1) is 24.0 Å². The second-order valence-electron chi connectivity index (χ2n) is 4.60. The van der Waals surface area contributed by atoms with Gasteiger partial charge in [0.2, 0.25) is 0 Å². The molecule has 0 amide bonds. The molecule has 0 unspecified atom stereocenters. The highest BCUT2D eigenvalue weighted by molar-refractivity contribution is 7.99. The molecule has 0 bridgehead atoms. The van der Waals surface area contributed by atoms with Crippen LogP contribution in [-0.4, -0.2) is 16.0 Å². The third kappa shape index (κ3) is 3.41. The predicted octanol–water partition coefficient (Wildman–Crippen LogP) is 4.06. The third-order valence-corrected chi connectivity index (χ3v) is 4.13. The van der Waals surface area contributed by atoms with Crippen LogP contribution < -0.4 is 0 Å². The van der Waals surface area contributed by atoms with Crippen LogP contribution >= 0.6 is 11.8 Å². The standard InChI is InChI=1S/C15H13NO4S/c1-9-4-3-5-12(6-9)21-14-8-11(15(17)18)7-13(10(14)2)16(19)20/h3-8H,1-2H3,(H,17,18). The van der Waals surface area contributed by atoms with Gasteiger partial charge in [0.05, 0.1) is 10.5 Å². The van der Waals surface area contributed by atoms with Gasteiger partial charge in [0.1, 0.15) is 0 Å². The molecule has 0 fully saturated rings. The van der Waals surface area contributed by atoms with Gasteiger partial charge in [0.25, 0.3) is 5.69 Å². The molecule has 0 aliphatic rings. The van der Waals surface area contributed by atoms with E-state index in [-0.39, 0.29) is 11.3 Å². The first-order chi connectivity index (χ1) is 9.88. The number of carboxylic acids is 1. The van der Waals surface area contributed by atoms with Gasteiger partial charge in [-0.05, 0) is 32.0 Å². The van der Waals surface area contributed by atoms with E-state index in [1.54, 1.807) is 6.92 Å². The SMILES string of the molecule is Cc1cccc(Sc2cc(C(=O)O)cc([N+](=O)[O-])c2C)c1. The predicted molar refractivity (Wildman–Crippen MR) is 80.1 cm³/mol. The molecule has 0 saturated carbocycles. The van der Waals surface area contributed by atoms with Crippen molar-refractivity contribution < 1.29 is 14.8 Å². The molecular formula is C15H13NO4S. The van der Waals surface area contributed by atoms with Crippen LogP contribution in [0.15, 0.2) is 46.2 Å². The second kappa shape index (κ2) is 5.97. The number of carbonyl (C=O) groups is 1. The van der Waals surface area contributed by atoms with Crippen LogP contribution in [0.4, 0.5) is 5.69 Å². The van der Waals surface area contributed by atoms with Crippen LogP contribution in [0.1, 0.15) is 21.5 Å². The van der Waals surface area contributed by atoms with E-state index in [4.69, 9.17) is 5.11 Å². The zero-order valence-corrected chi connectivity index (χ0v) is 12.3. The van der Waals surface area contributed by atoms with Gasteiger partial charge >= 0.3 is 5.97 Å². The van der Waals surface area contributed by atoms with Gasteiger partial charge in [-0.2, -0.15) is 0 Å². The fourth-order valence-corrected chi connectivity index (χ4v) is 2.99. The van der Waals surface area contributed by atoms with Crippen molar-refractivity contribution in [1.29, 1.82) is 0 Å². The molecule has 21 heavy (non-hydrogen) atoms. The summed E-state index contributed by atoms with van der Waals surface area (Å²) in [5, 5.41) is 20.1. The first-order valence-electron chi connectivity index (χ1n) is 6.15. The quantitative estimate of drug-likeness (QED) is 0.680. The molecule has 0 radical (unpaired) electrons. The lowest BCUT2D eigenvalue weighted by atomic mass is 10.1. The summed E-state index contributed by atoms with van der Waals surface area (Å²) in [5.41, 5.74) is 1.28. The summed E-state index contributed by atoms with van der Waals surface area (Å²) in [7, 11) is 0. The molecule has 5 nitrogen and oxygen atoms in total. The number of benzene rings is 2. The first-order valence-corrected chi connectivity index (χ1v) is 6.97. The fraction of sp³-hybridized carbons (Fsp3) is 0.133. The molecule has 0 saturated heterocycles. The van der Waals surface area contributed by atoms with Crippen LogP contribution in [0.25, 0.3) is 0 Å². The number of rotatable bonds is 4. The van der Waals surface area contributed by atoms with E-state index in [2.05, 4.69) is 0 Å². The molecule has 2 aromatic carbocycles. The van der Waals surface area contributed by atoms with Crippen LogP contribution in [0.5, 0.6) is 0 Å². The first kappa shape index (κ1) is 15.1. The molecule has 0 atom stereocenters. The summed E-state index contributed by atoms with van der Waals surface area (Å²) in [6.45, 7) is 3.58. The Morgan fingerprint density at radius 1 is 1.24 bits per heavy atom. The van der Waals surface area contributed by atoms with E-state index < -0.39 is 10.9 Å². The minimum absolute atomic E-state index is 0.0811. The van der Waals surface area contributed by atoms with Crippen molar-refractivity contribution in [3.05, 3.63) is 63.2 Å². The third-order valence-electron chi connectivity index (χ3n) is 2.99. The molecule has 6 heteroatoms. The van der Waals surface area contributed by atoms with Crippen LogP contribution in [0.3, 0.4) is 0 Å². The lowest BCUT2D eigenvalue weighted by Crippen LogP contribution is -2.01. The monoisotopic (exact) mass is 303 g/mol. The van der Waals surface area contributed by atoms with Crippen molar-refractivity contribution >= 4 is 23.4 Å². The van der Waals surface area contributed by atoms with Crippen molar-refractivity contribution in [2.45, 2.75) is 23.6 Å². The number of nitro groups is 1. The van der Waals surface area contributed by atoms with Gasteiger partial charge in [-0.1, -0.05) is 29.5 Å². The van der Waals surface area contributed by atoms with Crippen molar-refractivity contribution in [1.82, 2.24) is 0 Å². The number of aromatic carboxylic acids is 1. The van der Waals surface area contributed by atoms with Gasteiger partial charge in [-0.25, -0.2) is 4.79 Å². The maximum absolute atomic E-state index is 11.1. The maximum Gasteiger partial charge on any atom is 0.335 e. The average molecular weight is 303 g/mol. The molecular weight excluding hydrogens is 290 g/mol. The largest absolute Gasteiger partial charge is 0.478 e. The second-order valence-corrected chi connectivity index (χ2v) is 5.71. The highest BCUT2D eigenvalue weighted by Crippen LogP contribution is 2.35. The number of hydrogen-bond donors (Lipinski definition) is 1. The zero-order chi connectivity index (χ0) is 15.6.